The number of benzene rings is 1. The first-order chi connectivity index (χ1) is 12.6. The molecule has 0 fully saturated rings. The van der Waals surface area contributed by atoms with Gasteiger partial charge in [-0.2, -0.15) is 0 Å². The zero-order valence-electron chi connectivity index (χ0n) is 15.7. The molecule has 3 atom stereocenters. The zero-order chi connectivity index (χ0) is 20.2. The van der Waals surface area contributed by atoms with E-state index in [1.807, 2.05) is 0 Å². The predicted molar refractivity (Wildman–Crippen MR) is 95.7 cm³/mol. The third kappa shape index (κ3) is 5.33. The first-order valence-corrected chi connectivity index (χ1v) is 8.57. The summed E-state index contributed by atoms with van der Waals surface area (Å²) >= 11 is 0. The summed E-state index contributed by atoms with van der Waals surface area (Å²) in [6, 6.07) is 5.69. The van der Waals surface area contributed by atoms with Gasteiger partial charge in [0.05, 0.1) is 6.10 Å². The quantitative estimate of drug-likeness (QED) is 0.541. The van der Waals surface area contributed by atoms with Crippen LogP contribution in [-0.4, -0.2) is 47.7 Å². The van der Waals surface area contributed by atoms with Crippen LogP contribution in [-0.2, 0) is 14.4 Å². The topological polar surface area (TPSA) is 126 Å². The molecule has 0 saturated heterocycles. The fraction of sp³-hybridized carbons (Fsp3) is 0.500. The van der Waals surface area contributed by atoms with Crippen LogP contribution in [0.2, 0.25) is 0 Å². The molecule has 0 aromatic heterocycles. The average Bonchev–Trinajstić information content (AvgIpc) is 2.62. The molecule has 1 aromatic rings. The van der Waals surface area contributed by atoms with E-state index in [1.165, 1.54) is 6.92 Å². The second kappa shape index (κ2) is 8.26. The molecule has 4 N–H and O–H groups in total. The van der Waals surface area contributed by atoms with Gasteiger partial charge in [-0.15, -0.1) is 0 Å². The van der Waals surface area contributed by atoms with Gasteiger partial charge in [0, 0.05) is 5.41 Å². The van der Waals surface area contributed by atoms with Gasteiger partial charge < -0.3 is 19.9 Å². The number of carbonyl (C=O) groups is 3. The summed E-state index contributed by atoms with van der Waals surface area (Å²) in [5.74, 6) is -0.827. The van der Waals surface area contributed by atoms with Gasteiger partial charge in [0.15, 0.2) is 11.5 Å². The maximum atomic E-state index is 12.3. The van der Waals surface area contributed by atoms with Crippen LogP contribution in [0.15, 0.2) is 24.3 Å². The molecule has 9 heteroatoms. The smallest absolute Gasteiger partial charge is 0.283 e. The number of hydrogen-bond donors (Lipinski definition) is 4. The van der Waals surface area contributed by atoms with Gasteiger partial charge in [0.1, 0.15) is 12.6 Å². The van der Waals surface area contributed by atoms with Crippen molar-refractivity contribution in [2.24, 2.45) is 5.41 Å². The van der Waals surface area contributed by atoms with E-state index in [1.54, 1.807) is 45.0 Å². The van der Waals surface area contributed by atoms with Crippen molar-refractivity contribution in [2.75, 3.05) is 6.61 Å². The summed E-state index contributed by atoms with van der Waals surface area (Å²) in [4.78, 5) is 36.5. The van der Waals surface area contributed by atoms with Gasteiger partial charge >= 0.3 is 0 Å². The molecule has 27 heavy (non-hydrogen) atoms. The van der Waals surface area contributed by atoms with Crippen LogP contribution >= 0.6 is 0 Å². The van der Waals surface area contributed by atoms with E-state index in [0.717, 1.165) is 0 Å². The van der Waals surface area contributed by atoms with E-state index in [-0.39, 0.29) is 6.61 Å². The number of rotatable bonds is 4. The standard InChI is InChI=1S/C18H25N3O6/c1-10(22)14(19-17(25)18(2,3)4)16(24)21-20-15(23)13-9-26-11-7-5-6-8-12(11)27-13/h5-8,10,13-14,22H,9H2,1-4H3,(H,19,25)(H,20,23)(H,21,24)/t10-,13-,14+/m0/s1. The predicted octanol–water partition coefficient (Wildman–Crippen LogP) is -0.114. The van der Waals surface area contributed by atoms with Crippen molar-refractivity contribution >= 4 is 17.7 Å². The Morgan fingerprint density at radius 3 is 2.37 bits per heavy atom. The molecule has 0 spiro atoms. The minimum absolute atomic E-state index is 0.0146. The number of aliphatic hydroxyl groups excluding tert-OH is 1. The highest BCUT2D eigenvalue weighted by molar-refractivity contribution is 5.91. The maximum absolute atomic E-state index is 12.3. The molecule has 0 saturated carbocycles. The molecular formula is C18H25N3O6. The highest BCUT2D eigenvalue weighted by atomic mass is 16.6. The van der Waals surface area contributed by atoms with Crippen molar-refractivity contribution in [1.29, 1.82) is 0 Å². The first-order valence-electron chi connectivity index (χ1n) is 8.57. The highest BCUT2D eigenvalue weighted by Gasteiger charge is 2.32. The summed E-state index contributed by atoms with van der Waals surface area (Å²) in [5, 5.41) is 12.3. The van der Waals surface area contributed by atoms with Gasteiger partial charge in [0.25, 0.3) is 11.8 Å². The SMILES string of the molecule is C[C@H](O)[C@@H](NC(=O)C(C)(C)C)C(=O)NNC(=O)[C@@H]1COc2ccccc2O1. The number of nitrogens with one attached hydrogen (secondary N) is 3. The lowest BCUT2D eigenvalue weighted by Crippen LogP contribution is -2.59. The Bertz CT molecular complexity index is 713. The monoisotopic (exact) mass is 379 g/mol. The van der Waals surface area contributed by atoms with E-state index in [0.29, 0.717) is 11.5 Å². The van der Waals surface area contributed by atoms with Gasteiger partial charge in [-0.05, 0) is 19.1 Å². The molecular weight excluding hydrogens is 354 g/mol. The molecule has 0 radical (unpaired) electrons. The molecule has 0 unspecified atom stereocenters. The maximum Gasteiger partial charge on any atom is 0.283 e. The minimum atomic E-state index is -1.22. The van der Waals surface area contributed by atoms with Crippen LogP contribution in [0, 0.1) is 5.41 Å². The number of fused-ring (bicyclic) bond motifs is 1. The Morgan fingerprint density at radius 2 is 1.78 bits per heavy atom. The third-order valence-electron chi connectivity index (χ3n) is 3.84. The van der Waals surface area contributed by atoms with Crippen LogP contribution in [0.25, 0.3) is 0 Å². The third-order valence-corrected chi connectivity index (χ3v) is 3.84. The van der Waals surface area contributed by atoms with E-state index in [2.05, 4.69) is 16.2 Å². The average molecular weight is 379 g/mol. The molecule has 2 rings (SSSR count). The Morgan fingerprint density at radius 1 is 1.15 bits per heavy atom. The molecule has 0 aliphatic carbocycles. The van der Waals surface area contributed by atoms with E-state index in [4.69, 9.17) is 9.47 Å². The first kappa shape index (κ1) is 20.5. The van der Waals surface area contributed by atoms with Crippen LogP contribution in [0.5, 0.6) is 11.5 Å². The fourth-order valence-electron chi connectivity index (χ4n) is 2.19. The lowest BCUT2D eigenvalue weighted by atomic mass is 9.95. The number of hydrazine groups is 1. The Labute approximate surface area is 157 Å². The summed E-state index contributed by atoms with van der Waals surface area (Å²) < 4.78 is 11.0. The second-order valence-electron chi connectivity index (χ2n) is 7.28. The van der Waals surface area contributed by atoms with Crippen molar-refractivity contribution in [3.63, 3.8) is 0 Å². The number of para-hydroxylation sites is 2. The van der Waals surface area contributed by atoms with Crippen molar-refractivity contribution in [3.8, 4) is 11.5 Å². The molecule has 0 bridgehead atoms. The van der Waals surface area contributed by atoms with Gasteiger partial charge in [0.2, 0.25) is 12.0 Å². The van der Waals surface area contributed by atoms with Gasteiger partial charge in [-0.3, -0.25) is 25.2 Å². The van der Waals surface area contributed by atoms with Gasteiger partial charge in [-0.25, -0.2) is 0 Å². The summed E-state index contributed by atoms with van der Waals surface area (Å²) in [6.07, 6.45) is -2.11. The Hall–Kier alpha value is -2.81. The van der Waals surface area contributed by atoms with Crippen molar-refractivity contribution in [3.05, 3.63) is 24.3 Å². The normalized spacial score (nSPS) is 18.0. The van der Waals surface area contributed by atoms with Gasteiger partial charge in [-0.1, -0.05) is 32.9 Å². The van der Waals surface area contributed by atoms with Crippen LogP contribution < -0.4 is 25.6 Å². The largest absolute Gasteiger partial charge is 0.485 e. The van der Waals surface area contributed by atoms with Crippen LogP contribution in [0.1, 0.15) is 27.7 Å². The number of hydrogen-bond acceptors (Lipinski definition) is 6. The van der Waals surface area contributed by atoms with E-state index >= 15 is 0 Å². The molecule has 148 valence electrons. The lowest BCUT2D eigenvalue weighted by molar-refractivity contribution is -0.139. The molecule has 1 heterocycles. The summed E-state index contributed by atoms with van der Waals surface area (Å²) in [6.45, 7) is 6.39. The molecule has 1 aromatic carbocycles. The Balaban J connectivity index is 1.91. The molecule has 1 aliphatic heterocycles. The van der Waals surface area contributed by atoms with Crippen LogP contribution in [0.3, 0.4) is 0 Å². The minimum Gasteiger partial charge on any atom is -0.485 e. The number of carbonyl (C=O) groups excluding carboxylic acids is 3. The summed E-state index contributed by atoms with van der Waals surface area (Å²) in [5.41, 5.74) is 3.68. The molecule has 9 nitrogen and oxygen atoms in total. The van der Waals surface area contributed by atoms with E-state index in [9.17, 15) is 19.5 Å². The summed E-state index contributed by atoms with van der Waals surface area (Å²) in [7, 11) is 0. The van der Waals surface area contributed by atoms with Crippen LogP contribution in [0.4, 0.5) is 0 Å². The molecule has 3 amide bonds. The van der Waals surface area contributed by atoms with E-state index < -0.39 is 41.4 Å². The Kier molecular flexibility index (Phi) is 6.27. The van der Waals surface area contributed by atoms with Crippen molar-refractivity contribution < 1.29 is 29.0 Å². The highest BCUT2D eigenvalue weighted by Crippen LogP contribution is 2.30. The lowest BCUT2D eigenvalue weighted by Gasteiger charge is -2.27. The fourth-order valence-corrected chi connectivity index (χ4v) is 2.19. The number of aliphatic hydroxyl groups is 1. The zero-order valence-corrected chi connectivity index (χ0v) is 15.7. The van der Waals surface area contributed by atoms with Crippen molar-refractivity contribution in [2.45, 2.75) is 45.9 Å². The second-order valence-corrected chi connectivity index (χ2v) is 7.28. The number of ether oxygens (including phenoxy) is 2. The molecule has 1 aliphatic rings. The number of amides is 3. The van der Waals surface area contributed by atoms with Crippen molar-refractivity contribution in [1.82, 2.24) is 16.2 Å².